The molecule has 0 aliphatic carbocycles. The fourth-order valence-electron chi connectivity index (χ4n) is 1.09. The Bertz CT molecular complexity index is 275. The third kappa shape index (κ3) is 9.59. The second-order valence-corrected chi connectivity index (χ2v) is 4.70. The van der Waals surface area contributed by atoms with E-state index in [-0.39, 0.29) is 0 Å². The highest BCUT2D eigenvalue weighted by Crippen LogP contribution is 2.09. The van der Waals surface area contributed by atoms with E-state index in [1.54, 1.807) is 0 Å². The molecule has 0 amide bonds. The fourth-order valence-corrected chi connectivity index (χ4v) is 1.09. The summed E-state index contributed by atoms with van der Waals surface area (Å²) in [7, 11) is -0.571. The summed E-state index contributed by atoms with van der Waals surface area (Å²) in [6, 6.07) is 0. The van der Waals surface area contributed by atoms with Crippen LogP contribution in [0.25, 0.3) is 0 Å². The third-order valence-corrected chi connectivity index (χ3v) is 1.99. The zero-order valence-corrected chi connectivity index (χ0v) is 9.08. The number of hydrogen-bond donors (Lipinski definition) is 1. The molecular weight excluding hydrogens is 210 g/mol. The Hall–Kier alpha value is -0.500. The number of piperidine rings is 1. The molecule has 84 valence electrons. The van der Waals surface area contributed by atoms with Crippen LogP contribution in [0.5, 0.6) is 0 Å². The molecule has 6 nitrogen and oxygen atoms in total. The molecule has 7 heteroatoms. The average Bonchev–Trinajstić information content (AvgIpc) is 1.92. The molecule has 1 fully saturated rings. The first-order chi connectivity index (χ1) is 6.10. The lowest BCUT2D eigenvalue weighted by Crippen LogP contribution is -2.46. The molecule has 1 rings (SSSR count). The molecule has 0 unspecified atom stereocenters. The molecule has 0 radical (unpaired) electrons. The number of hydrogen-bond acceptors (Lipinski definition) is 4. The highest BCUT2D eigenvalue weighted by Gasteiger charge is 2.23. The van der Waals surface area contributed by atoms with E-state index in [4.69, 9.17) is 17.5 Å². The van der Waals surface area contributed by atoms with Crippen molar-refractivity contribution in [2.75, 3.05) is 27.2 Å². The minimum Gasteiger partial charge on any atom is -0.726 e. The van der Waals surface area contributed by atoms with Gasteiger partial charge >= 0.3 is 0 Å². The lowest BCUT2D eigenvalue weighted by atomic mass is 10.1. The van der Waals surface area contributed by atoms with E-state index in [0.29, 0.717) is 5.78 Å². The second-order valence-electron chi connectivity index (χ2n) is 3.85. The molecule has 0 aromatic carbocycles. The number of ketones is 1. The molecule has 1 heterocycles. The number of rotatable bonds is 0. The van der Waals surface area contributed by atoms with Gasteiger partial charge < -0.3 is 9.04 Å². The Balaban J connectivity index is 0.000000292. The van der Waals surface area contributed by atoms with Crippen LogP contribution >= 0.6 is 0 Å². The molecule has 1 saturated heterocycles. The second kappa shape index (κ2) is 4.83. The zero-order chi connectivity index (χ0) is 11.4. The number of quaternary nitrogens is 1. The largest absolute Gasteiger partial charge is 0.726 e. The highest BCUT2D eigenvalue weighted by atomic mass is 32.3. The van der Waals surface area contributed by atoms with Gasteiger partial charge in [-0.15, -0.1) is 0 Å². The minimum absolute atomic E-state index is 0.437. The zero-order valence-electron chi connectivity index (χ0n) is 8.26. The molecule has 0 bridgehead atoms. The molecular formula is C7H15NO5S. The van der Waals surface area contributed by atoms with E-state index in [9.17, 15) is 4.79 Å². The third-order valence-electron chi connectivity index (χ3n) is 1.99. The maximum absolute atomic E-state index is 10.7. The molecule has 1 aliphatic heterocycles. The lowest BCUT2D eigenvalue weighted by Gasteiger charge is -2.32. The van der Waals surface area contributed by atoms with Crippen molar-refractivity contribution in [1.82, 2.24) is 0 Å². The quantitative estimate of drug-likeness (QED) is 0.338. The van der Waals surface area contributed by atoms with Crippen LogP contribution in [-0.2, 0) is 15.2 Å². The van der Waals surface area contributed by atoms with Crippen LogP contribution in [0.4, 0.5) is 0 Å². The summed E-state index contributed by atoms with van der Waals surface area (Å²) >= 11 is 0. The summed E-state index contributed by atoms with van der Waals surface area (Å²) in [4.78, 5) is 10.7. The van der Waals surface area contributed by atoms with Crippen molar-refractivity contribution in [3.8, 4) is 0 Å². The van der Waals surface area contributed by atoms with Gasteiger partial charge in [-0.2, -0.15) is 0 Å². The van der Waals surface area contributed by atoms with Crippen molar-refractivity contribution in [2.24, 2.45) is 0 Å². The number of carbonyl (C=O) groups is 1. The number of carbonyl (C=O) groups excluding carboxylic acids is 1. The SMILES string of the molecule is C[N+]1(C)CCC(=O)CC1.O=S(=O)([O-])O. The van der Waals surface area contributed by atoms with Gasteiger partial charge in [0.05, 0.1) is 40.0 Å². The maximum atomic E-state index is 10.7. The Morgan fingerprint density at radius 1 is 1.29 bits per heavy atom. The number of Topliss-reactive ketones (excluding diaryl/α,β-unsaturated/α-hetero) is 1. The predicted molar refractivity (Wildman–Crippen MR) is 48.4 cm³/mol. The molecule has 1 aliphatic rings. The van der Waals surface area contributed by atoms with Crippen molar-refractivity contribution in [1.29, 1.82) is 0 Å². The van der Waals surface area contributed by atoms with Gasteiger partial charge in [0.15, 0.2) is 0 Å². The summed E-state index contributed by atoms with van der Waals surface area (Å²) < 4.78 is 33.9. The predicted octanol–water partition coefficient (Wildman–Crippen LogP) is -0.570. The van der Waals surface area contributed by atoms with Gasteiger partial charge in [-0.1, -0.05) is 0 Å². The van der Waals surface area contributed by atoms with Crippen LogP contribution in [0.1, 0.15) is 12.8 Å². The van der Waals surface area contributed by atoms with Gasteiger partial charge in [0.25, 0.3) is 0 Å². The van der Waals surface area contributed by atoms with Gasteiger partial charge in [0.1, 0.15) is 5.78 Å². The van der Waals surface area contributed by atoms with Crippen molar-refractivity contribution < 1.29 is 26.8 Å². The first-order valence-corrected chi connectivity index (χ1v) is 5.49. The van der Waals surface area contributed by atoms with Crippen LogP contribution in [0.15, 0.2) is 0 Å². The number of likely N-dealkylation sites (tertiary alicyclic amines) is 1. The topological polar surface area (TPSA) is 94.5 Å². The molecule has 0 spiro atoms. The molecule has 0 aromatic rings. The summed E-state index contributed by atoms with van der Waals surface area (Å²) in [6.07, 6.45) is 1.57. The van der Waals surface area contributed by atoms with Crippen molar-refractivity contribution in [3.63, 3.8) is 0 Å². The smallest absolute Gasteiger partial charge is 0.215 e. The van der Waals surface area contributed by atoms with Crippen molar-refractivity contribution in [2.45, 2.75) is 12.8 Å². The normalized spacial score (nSPS) is 21.0. The first-order valence-electron chi connectivity index (χ1n) is 4.12. The molecule has 0 aromatic heterocycles. The molecule has 0 atom stereocenters. The molecule has 1 N–H and O–H groups in total. The van der Waals surface area contributed by atoms with E-state index in [1.165, 1.54) is 0 Å². The van der Waals surface area contributed by atoms with Crippen LogP contribution < -0.4 is 0 Å². The fraction of sp³-hybridized carbons (Fsp3) is 0.857. The van der Waals surface area contributed by atoms with E-state index in [1.807, 2.05) is 0 Å². The van der Waals surface area contributed by atoms with Gasteiger partial charge in [0.2, 0.25) is 10.4 Å². The minimum atomic E-state index is -4.92. The van der Waals surface area contributed by atoms with Gasteiger partial charge in [-0.05, 0) is 0 Å². The van der Waals surface area contributed by atoms with Crippen molar-refractivity contribution >= 4 is 16.2 Å². The van der Waals surface area contributed by atoms with Crippen LogP contribution in [0.2, 0.25) is 0 Å². The Morgan fingerprint density at radius 3 is 1.79 bits per heavy atom. The summed E-state index contributed by atoms with van der Waals surface area (Å²) in [5.41, 5.74) is 0. The van der Waals surface area contributed by atoms with Crippen LogP contribution in [-0.4, -0.2) is 55.0 Å². The summed E-state index contributed by atoms with van der Waals surface area (Å²) in [6.45, 7) is 2.05. The molecule has 0 saturated carbocycles. The lowest BCUT2D eigenvalue weighted by molar-refractivity contribution is -0.891. The standard InChI is InChI=1S/C7H14NO.H2O4S/c1-8(2)5-3-7(9)4-6-8;1-5(2,3)4/h3-6H2,1-2H3;(H2,1,2,3,4)/q+1;/p-1. The van der Waals surface area contributed by atoms with Crippen molar-refractivity contribution in [3.05, 3.63) is 0 Å². The average molecular weight is 225 g/mol. The Morgan fingerprint density at radius 2 is 1.57 bits per heavy atom. The van der Waals surface area contributed by atoms with E-state index >= 15 is 0 Å². The monoisotopic (exact) mass is 225 g/mol. The van der Waals surface area contributed by atoms with Crippen LogP contribution in [0.3, 0.4) is 0 Å². The van der Waals surface area contributed by atoms with Gasteiger partial charge in [-0.3, -0.25) is 9.35 Å². The van der Waals surface area contributed by atoms with E-state index in [2.05, 4.69) is 14.1 Å². The van der Waals surface area contributed by atoms with Crippen LogP contribution in [0, 0.1) is 0 Å². The Kier molecular flexibility index (Phi) is 4.66. The Labute approximate surface area is 83.7 Å². The van der Waals surface area contributed by atoms with E-state index < -0.39 is 10.4 Å². The highest BCUT2D eigenvalue weighted by molar-refractivity contribution is 7.79. The molecule has 14 heavy (non-hydrogen) atoms. The van der Waals surface area contributed by atoms with E-state index in [0.717, 1.165) is 30.4 Å². The summed E-state index contributed by atoms with van der Waals surface area (Å²) in [5, 5.41) is 0. The van der Waals surface area contributed by atoms with Gasteiger partial charge in [0, 0.05) is 0 Å². The summed E-state index contributed by atoms with van der Waals surface area (Å²) in [5.74, 6) is 0.437. The first kappa shape index (κ1) is 13.5. The maximum Gasteiger partial charge on any atom is 0.215 e. The number of nitrogens with zero attached hydrogens (tertiary/aromatic N) is 1. The van der Waals surface area contributed by atoms with Gasteiger partial charge in [-0.25, -0.2) is 8.42 Å².